The van der Waals surface area contributed by atoms with E-state index in [9.17, 15) is 4.79 Å². The minimum absolute atomic E-state index is 0.135. The van der Waals surface area contributed by atoms with E-state index in [-0.39, 0.29) is 5.91 Å². The van der Waals surface area contributed by atoms with Crippen LogP contribution in [0.2, 0.25) is 0 Å². The monoisotopic (exact) mass is 239 g/mol. The van der Waals surface area contributed by atoms with Gasteiger partial charge in [-0.15, -0.1) is 0 Å². The third kappa shape index (κ3) is 5.66. The lowest BCUT2D eigenvalue weighted by atomic mass is 9.74. The first-order valence-electron chi connectivity index (χ1n) is 6.21. The number of rotatable bonds is 2. The maximum absolute atomic E-state index is 11.2. The minimum atomic E-state index is 0.135. The van der Waals surface area contributed by atoms with E-state index in [0.717, 1.165) is 24.5 Å². The van der Waals surface area contributed by atoms with Gasteiger partial charge in [0.25, 0.3) is 0 Å². The normalized spacial score (nSPS) is 19.8. The number of amides is 1. The van der Waals surface area contributed by atoms with Gasteiger partial charge in [0.2, 0.25) is 5.91 Å². The first-order chi connectivity index (χ1) is 7.93. The first kappa shape index (κ1) is 15.9. The Labute approximate surface area is 105 Å². The van der Waals surface area contributed by atoms with Crippen molar-refractivity contribution >= 4 is 12.7 Å². The number of carbonyl (C=O) groups is 2. The summed E-state index contributed by atoms with van der Waals surface area (Å²) in [6, 6.07) is 0. The third-order valence-corrected chi connectivity index (χ3v) is 3.26. The smallest absolute Gasteiger partial charge is 0.223 e. The molecule has 0 radical (unpaired) electrons. The Hall–Kier alpha value is -1.12. The summed E-state index contributed by atoms with van der Waals surface area (Å²) in [5.41, 5.74) is 1.51. The van der Waals surface area contributed by atoms with E-state index in [1.165, 1.54) is 6.42 Å². The second-order valence-electron chi connectivity index (χ2n) is 5.47. The van der Waals surface area contributed by atoms with Crippen LogP contribution in [0.25, 0.3) is 0 Å². The lowest BCUT2D eigenvalue weighted by Crippen LogP contribution is -2.27. The highest BCUT2D eigenvalue weighted by atomic mass is 16.1. The summed E-state index contributed by atoms with van der Waals surface area (Å²) in [5, 5.41) is 2.96. The summed E-state index contributed by atoms with van der Waals surface area (Å²) in [6.45, 7) is 10.8. The van der Waals surface area contributed by atoms with E-state index in [4.69, 9.17) is 4.79 Å². The third-order valence-electron chi connectivity index (χ3n) is 3.26. The summed E-state index contributed by atoms with van der Waals surface area (Å²) in [7, 11) is 0. The zero-order chi connectivity index (χ0) is 13.5. The van der Waals surface area contributed by atoms with Crippen molar-refractivity contribution in [1.82, 2.24) is 5.32 Å². The molecule has 1 aliphatic carbocycles. The van der Waals surface area contributed by atoms with Crippen LogP contribution in [0.1, 0.15) is 53.4 Å². The quantitative estimate of drug-likeness (QED) is 0.805. The van der Waals surface area contributed by atoms with E-state index < -0.39 is 0 Å². The molecule has 0 aromatic carbocycles. The van der Waals surface area contributed by atoms with Crippen LogP contribution in [0, 0.1) is 11.3 Å². The van der Waals surface area contributed by atoms with E-state index >= 15 is 0 Å². The molecule has 1 N–H and O–H groups in total. The topological polar surface area (TPSA) is 46.2 Å². The average molecular weight is 239 g/mol. The zero-order valence-electron chi connectivity index (χ0n) is 11.5. The van der Waals surface area contributed by atoms with Gasteiger partial charge in [-0.05, 0) is 30.6 Å². The van der Waals surface area contributed by atoms with Crippen LogP contribution in [0.4, 0.5) is 0 Å². The van der Waals surface area contributed by atoms with Gasteiger partial charge in [-0.1, -0.05) is 33.8 Å². The van der Waals surface area contributed by atoms with Gasteiger partial charge in [0.05, 0.1) is 0 Å². The van der Waals surface area contributed by atoms with Gasteiger partial charge < -0.3 is 10.1 Å². The van der Waals surface area contributed by atoms with Crippen LogP contribution in [0.15, 0.2) is 11.8 Å². The highest BCUT2D eigenvalue weighted by Gasteiger charge is 2.26. The van der Waals surface area contributed by atoms with Crippen molar-refractivity contribution in [1.29, 1.82) is 0 Å². The lowest BCUT2D eigenvalue weighted by Gasteiger charge is -2.33. The van der Waals surface area contributed by atoms with Crippen molar-refractivity contribution in [2.24, 2.45) is 11.3 Å². The standard InChI is InChI=1S/C13H23NO.CH2O/c1-5-12(15)14-11-8-6-10(7-9-11)13(2,3)4;1-2/h8,10H,5-7,9H2,1-4H3,(H,14,15);1H2. The number of carbonyl (C=O) groups excluding carboxylic acids is 2. The molecular weight excluding hydrogens is 214 g/mol. The molecule has 0 aromatic rings. The molecule has 1 amide bonds. The molecule has 0 heterocycles. The Morgan fingerprint density at radius 3 is 2.41 bits per heavy atom. The van der Waals surface area contributed by atoms with Crippen molar-refractivity contribution in [3.63, 3.8) is 0 Å². The Morgan fingerprint density at radius 1 is 1.47 bits per heavy atom. The Morgan fingerprint density at radius 2 is 2.06 bits per heavy atom. The van der Waals surface area contributed by atoms with Gasteiger partial charge in [-0.25, -0.2) is 0 Å². The maximum Gasteiger partial charge on any atom is 0.223 e. The van der Waals surface area contributed by atoms with Crippen LogP contribution in [-0.2, 0) is 9.59 Å². The molecule has 0 spiro atoms. The van der Waals surface area contributed by atoms with Crippen LogP contribution >= 0.6 is 0 Å². The Bertz CT molecular complexity index is 276. The maximum atomic E-state index is 11.2. The molecule has 0 saturated carbocycles. The van der Waals surface area contributed by atoms with Crippen molar-refractivity contribution < 1.29 is 9.59 Å². The highest BCUT2D eigenvalue weighted by molar-refractivity contribution is 5.77. The van der Waals surface area contributed by atoms with Gasteiger partial charge in [-0.3, -0.25) is 4.79 Å². The van der Waals surface area contributed by atoms with Crippen LogP contribution in [-0.4, -0.2) is 12.7 Å². The molecule has 1 unspecified atom stereocenters. The van der Waals surface area contributed by atoms with Gasteiger partial charge in [0.15, 0.2) is 0 Å². The molecule has 1 rings (SSSR count). The van der Waals surface area contributed by atoms with Gasteiger partial charge >= 0.3 is 0 Å². The van der Waals surface area contributed by atoms with E-state index in [1.807, 2.05) is 13.7 Å². The molecule has 1 aliphatic rings. The number of nitrogens with one attached hydrogen (secondary N) is 1. The summed E-state index contributed by atoms with van der Waals surface area (Å²) >= 11 is 0. The molecule has 98 valence electrons. The average Bonchev–Trinajstić information content (AvgIpc) is 2.31. The van der Waals surface area contributed by atoms with Gasteiger partial charge in [-0.2, -0.15) is 0 Å². The molecule has 0 fully saturated rings. The summed E-state index contributed by atoms with van der Waals surface area (Å²) in [6.07, 6.45) is 6.09. The van der Waals surface area contributed by atoms with E-state index in [0.29, 0.717) is 11.8 Å². The molecule has 0 aliphatic heterocycles. The highest BCUT2D eigenvalue weighted by Crippen LogP contribution is 2.36. The van der Waals surface area contributed by atoms with Crippen molar-refractivity contribution in [2.45, 2.75) is 53.4 Å². The van der Waals surface area contributed by atoms with Gasteiger partial charge in [0, 0.05) is 12.1 Å². The Kier molecular flexibility index (Phi) is 6.78. The SMILES string of the molecule is C=O.CCC(=O)NC1=CCC(C(C)(C)C)CC1. The second-order valence-corrected chi connectivity index (χ2v) is 5.47. The molecule has 17 heavy (non-hydrogen) atoms. The summed E-state index contributed by atoms with van der Waals surface area (Å²) in [5.74, 6) is 0.884. The molecular formula is C14H25NO2. The zero-order valence-corrected chi connectivity index (χ0v) is 11.5. The first-order valence-corrected chi connectivity index (χ1v) is 6.21. The van der Waals surface area contributed by atoms with Gasteiger partial charge in [0.1, 0.15) is 6.79 Å². The minimum Gasteiger partial charge on any atom is -0.330 e. The molecule has 0 bridgehead atoms. The second kappa shape index (κ2) is 7.25. The van der Waals surface area contributed by atoms with Crippen molar-refractivity contribution in [3.05, 3.63) is 11.8 Å². The van der Waals surface area contributed by atoms with Crippen LogP contribution in [0.5, 0.6) is 0 Å². The molecule has 0 saturated heterocycles. The van der Waals surface area contributed by atoms with Crippen molar-refractivity contribution in [2.75, 3.05) is 0 Å². The largest absolute Gasteiger partial charge is 0.330 e. The fourth-order valence-corrected chi connectivity index (χ4v) is 2.00. The number of hydrogen-bond donors (Lipinski definition) is 1. The summed E-state index contributed by atoms with van der Waals surface area (Å²) in [4.78, 5) is 19.2. The Balaban J connectivity index is 0.00000121. The summed E-state index contributed by atoms with van der Waals surface area (Å²) < 4.78 is 0. The lowest BCUT2D eigenvalue weighted by molar-refractivity contribution is -0.120. The fourth-order valence-electron chi connectivity index (χ4n) is 2.00. The molecule has 0 aromatic heterocycles. The number of allylic oxidation sites excluding steroid dienone is 2. The van der Waals surface area contributed by atoms with Crippen LogP contribution in [0.3, 0.4) is 0 Å². The molecule has 3 heteroatoms. The molecule has 1 atom stereocenters. The van der Waals surface area contributed by atoms with Crippen molar-refractivity contribution in [3.8, 4) is 0 Å². The predicted molar refractivity (Wildman–Crippen MR) is 70.4 cm³/mol. The van der Waals surface area contributed by atoms with E-state index in [1.54, 1.807) is 0 Å². The fraction of sp³-hybridized carbons (Fsp3) is 0.714. The number of hydrogen-bond acceptors (Lipinski definition) is 2. The van der Waals surface area contributed by atoms with Crippen LogP contribution < -0.4 is 5.32 Å². The molecule has 3 nitrogen and oxygen atoms in total. The van der Waals surface area contributed by atoms with E-state index in [2.05, 4.69) is 32.2 Å². The predicted octanol–water partition coefficient (Wildman–Crippen LogP) is 3.06.